The van der Waals surface area contributed by atoms with E-state index in [1.165, 1.54) is 22.1 Å². The number of alkyl halides is 3. The molecular formula is C30H36F3N7O2. The Morgan fingerprint density at radius 3 is 2.43 bits per heavy atom. The molecule has 2 saturated heterocycles. The number of likely N-dealkylation sites (N-methyl/N-ethyl adjacent to an activating group) is 2. The van der Waals surface area contributed by atoms with Crippen LogP contribution in [0.15, 0.2) is 65.9 Å². The maximum absolute atomic E-state index is 14.4. The van der Waals surface area contributed by atoms with Crippen molar-refractivity contribution < 1.29 is 22.7 Å². The number of carbonyl (C=O) groups excluding carboxylic acids is 1. The second kappa shape index (κ2) is 10.7. The number of anilines is 1. The van der Waals surface area contributed by atoms with Gasteiger partial charge in [-0.1, -0.05) is 12.1 Å². The van der Waals surface area contributed by atoms with Gasteiger partial charge in [-0.2, -0.15) is 13.2 Å². The zero-order valence-electron chi connectivity index (χ0n) is 24.1. The van der Waals surface area contributed by atoms with Crippen LogP contribution in [-0.2, 0) is 22.0 Å². The van der Waals surface area contributed by atoms with Crippen molar-refractivity contribution in [3.63, 3.8) is 0 Å². The number of ether oxygens (including phenoxy) is 1. The summed E-state index contributed by atoms with van der Waals surface area (Å²) in [5, 5.41) is 8.52. The average Bonchev–Trinajstić information content (AvgIpc) is 3.33. The van der Waals surface area contributed by atoms with E-state index in [1.54, 1.807) is 25.6 Å². The molecule has 224 valence electrons. The van der Waals surface area contributed by atoms with E-state index in [0.29, 0.717) is 37.4 Å². The molecule has 12 heteroatoms. The fourth-order valence-corrected chi connectivity index (χ4v) is 6.84. The maximum atomic E-state index is 14.4. The fraction of sp³-hybridized carbons (Fsp3) is 0.500. The summed E-state index contributed by atoms with van der Waals surface area (Å²) in [7, 11) is 5.53. The molecule has 0 radical (unpaired) electrons. The Labute approximate surface area is 243 Å². The van der Waals surface area contributed by atoms with E-state index in [9.17, 15) is 18.0 Å². The molecule has 1 saturated carbocycles. The molecule has 1 amide bonds. The van der Waals surface area contributed by atoms with Crippen molar-refractivity contribution in [2.75, 3.05) is 64.9 Å². The first-order valence-electron chi connectivity index (χ1n) is 14.1. The highest BCUT2D eigenvalue weighted by molar-refractivity contribution is 5.79. The summed E-state index contributed by atoms with van der Waals surface area (Å²) < 4.78 is 50.6. The van der Waals surface area contributed by atoms with Crippen molar-refractivity contribution >= 4 is 12.1 Å². The minimum atomic E-state index is -4.60. The number of nitrogens with zero attached hydrogens (tertiary/aromatic N) is 7. The molecule has 2 aromatic rings. The molecule has 0 N–H and O–H groups in total. The zero-order valence-corrected chi connectivity index (χ0v) is 24.1. The molecule has 0 unspecified atom stereocenters. The van der Waals surface area contributed by atoms with Gasteiger partial charge in [0, 0.05) is 70.3 Å². The van der Waals surface area contributed by atoms with Crippen molar-refractivity contribution in [2.45, 2.75) is 24.4 Å². The molecule has 3 aliphatic heterocycles. The molecule has 1 aromatic heterocycles. The molecule has 1 aromatic carbocycles. The molecule has 4 aliphatic rings. The van der Waals surface area contributed by atoms with E-state index >= 15 is 0 Å². The molecule has 0 bridgehead atoms. The third kappa shape index (κ3) is 5.16. The summed E-state index contributed by atoms with van der Waals surface area (Å²) >= 11 is 0. The lowest BCUT2D eigenvalue weighted by Gasteiger charge is -2.59. The number of hydrogen-bond acceptors (Lipinski definition) is 7. The van der Waals surface area contributed by atoms with Gasteiger partial charge in [-0.05, 0) is 49.2 Å². The predicted octanol–water partition coefficient (Wildman–Crippen LogP) is 3.28. The van der Waals surface area contributed by atoms with E-state index in [2.05, 4.69) is 20.0 Å². The summed E-state index contributed by atoms with van der Waals surface area (Å²) in [5.41, 5.74) is 0.795. The molecule has 9 nitrogen and oxygen atoms in total. The minimum Gasteiger partial charge on any atom is -0.380 e. The second-order valence-corrected chi connectivity index (χ2v) is 12.2. The van der Waals surface area contributed by atoms with E-state index in [0.717, 1.165) is 50.4 Å². The fourth-order valence-electron chi connectivity index (χ4n) is 6.84. The van der Waals surface area contributed by atoms with Crippen LogP contribution in [0.1, 0.15) is 24.2 Å². The van der Waals surface area contributed by atoms with Crippen molar-refractivity contribution in [3.8, 4) is 0 Å². The van der Waals surface area contributed by atoms with Crippen LogP contribution >= 0.6 is 0 Å². The van der Waals surface area contributed by atoms with Gasteiger partial charge in [0.1, 0.15) is 12.2 Å². The maximum Gasteiger partial charge on any atom is 0.418 e. The lowest BCUT2D eigenvalue weighted by molar-refractivity contribution is -0.182. The molecular weight excluding hydrogens is 547 g/mol. The van der Waals surface area contributed by atoms with Crippen LogP contribution in [0.5, 0.6) is 0 Å². The molecule has 3 fully saturated rings. The Morgan fingerprint density at radius 1 is 1.10 bits per heavy atom. The average molecular weight is 584 g/mol. The number of hydrogen-bond donors (Lipinski definition) is 0. The third-order valence-corrected chi connectivity index (χ3v) is 9.03. The zero-order chi connectivity index (χ0) is 29.7. The lowest BCUT2D eigenvalue weighted by Crippen LogP contribution is -2.60. The summed E-state index contributed by atoms with van der Waals surface area (Å²) in [6.07, 6.45) is 3.46. The first-order chi connectivity index (χ1) is 20.0. The van der Waals surface area contributed by atoms with Crippen molar-refractivity contribution in [2.24, 2.45) is 12.5 Å². The Kier molecular flexibility index (Phi) is 7.27. The van der Waals surface area contributed by atoms with E-state index < -0.39 is 17.2 Å². The smallest absolute Gasteiger partial charge is 0.380 e. The number of allylic oxidation sites excluding steroid dienone is 1. The molecule has 1 aliphatic carbocycles. The second-order valence-electron chi connectivity index (χ2n) is 12.2. The Morgan fingerprint density at radius 2 is 1.83 bits per heavy atom. The van der Waals surface area contributed by atoms with Crippen LogP contribution in [0.3, 0.4) is 0 Å². The Hall–Kier alpha value is -3.48. The number of rotatable bonds is 7. The number of amides is 1. The van der Waals surface area contributed by atoms with Gasteiger partial charge in [0.2, 0.25) is 6.41 Å². The van der Waals surface area contributed by atoms with Crippen LogP contribution in [0.25, 0.3) is 0 Å². The van der Waals surface area contributed by atoms with Crippen LogP contribution in [-0.4, -0.2) is 102 Å². The van der Waals surface area contributed by atoms with Crippen LogP contribution in [0.2, 0.25) is 0 Å². The van der Waals surface area contributed by atoms with Crippen LogP contribution in [0, 0.1) is 5.41 Å². The van der Waals surface area contributed by atoms with Gasteiger partial charge in [0.25, 0.3) is 0 Å². The highest BCUT2D eigenvalue weighted by Gasteiger charge is 2.61. The van der Waals surface area contributed by atoms with Crippen molar-refractivity contribution in [1.82, 2.24) is 29.5 Å². The summed E-state index contributed by atoms with van der Waals surface area (Å²) in [6, 6.07) is 7.43. The van der Waals surface area contributed by atoms with Gasteiger partial charge in [-0.3, -0.25) is 14.6 Å². The number of aromatic nitrogens is 3. The highest BCUT2D eigenvalue weighted by Crippen LogP contribution is 2.61. The topological polar surface area (TPSA) is 70.0 Å². The van der Waals surface area contributed by atoms with Crippen molar-refractivity contribution in [3.05, 3.63) is 77.3 Å². The summed E-state index contributed by atoms with van der Waals surface area (Å²) in [6.45, 7) is 5.18. The normalized spacial score (nSPS) is 23.3. The largest absolute Gasteiger partial charge is 0.418 e. The minimum absolute atomic E-state index is 0.0969. The van der Waals surface area contributed by atoms with E-state index in [4.69, 9.17) is 4.74 Å². The van der Waals surface area contributed by atoms with Gasteiger partial charge in [0.05, 0.1) is 29.9 Å². The number of benzene rings is 1. The van der Waals surface area contributed by atoms with Gasteiger partial charge < -0.3 is 19.1 Å². The molecule has 6 rings (SSSR count). The number of halogens is 3. The molecule has 1 spiro atoms. The monoisotopic (exact) mass is 583 g/mol. The van der Waals surface area contributed by atoms with Gasteiger partial charge in [-0.15, -0.1) is 10.2 Å². The summed E-state index contributed by atoms with van der Waals surface area (Å²) in [4.78, 5) is 19.4. The van der Waals surface area contributed by atoms with E-state index in [-0.39, 0.29) is 11.1 Å². The number of piperazine rings is 1. The van der Waals surface area contributed by atoms with E-state index in [1.807, 2.05) is 36.9 Å². The molecule has 4 heterocycles. The van der Waals surface area contributed by atoms with Crippen LogP contribution < -0.4 is 4.90 Å². The number of aryl methyl sites for hydroxylation is 1. The van der Waals surface area contributed by atoms with Crippen LogP contribution in [0.4, 0.5) is 18.9 Å². The highest BCUT2D eigenvalue weighted by atomic mass is 19.4. The molecule has 42 heavy (non-hydrogen) atoms. The third-order valence-electron chi connectivity index (χ3n) is 9.03. The van der Waals surface area contributed by atoms with Gasteiger partial charge >= 0.3 is 6.18 Å². The quantitative estimate of drug-likeness (QED) is 0.464. The first-order valence-corrected chi connectivity index (χ1v) is 14.1. The van der Waals surface area contributed by atoms with Crippen molar-refractivity contribution in [1.29, 1.82) is 0 Å². The molecule has 0 atom stereocenters. The standard InChI is InChI=1S/C30H36F3N7O2/c1-36-7-9-39(10-8-36)14-22-11-25(30(31,32)33)26(37(2)13-22)15-40(21-41)24-6-4-5-23(12-24)29(27-35-34-20-38(27)3)16-28(17-29)18-42-19-28/h4-6,11-13,15,20-21H,7-10,14,16-19H2,1-3H3/b26-15-. The Bertz CT molecular complexity index is 1430. The lowest BCUT2D eigenvalue weighted by atomic mass is 9.49. The first kappa shape index (κ1) is 28.6. The summed E-state index contributed by atoms with van der Waals surface area (Å²) in [5.74, 6) is 0.820. The predicted molar refractivity (Wildman–Crippen MR) is 151 cm³/mol. The SMILES string of the molecule is CN1CCN(CC2=CN(C)/C(=C\N(C=O)c3cccc(C4(c5nncn5C)CC5(COC5)C4)c3)C(C(F)(F)F)=C2)CC1. The van der Waals surface area contributed by atoms with Gasteiger partial charge in [-0.25, -0.2) is 0 Å². The number of carbonyl (C=O) groups is 1. The Balaban J connectivity index is 1.30. The van der Waals surface area contributed by atoms with Gasteiger partial charge in [0.15, 0.2) is 0 Å².